The second-order valence-electron chi connectivity index (χ2n) is 3.79. The van der Waals surface area contributed by atoms with Crippen molar-refractivity contribution in [2.24, 2.45) is 5.92 Å². The predicted octanol–water partition coefficient (Wildman–Crippen LogP) is 2.84. The molecule has 15 heavy (non-hydrogen) atoms. The van der Waals surface area contributed by atoms with Gasteiger partial charge in [0.15, 0.2) is 0 Å². The van der Waals surface area contributed by atoms with Crippen LogP contribution in [-0.4, -0.2) is 12.0 Å². The van der Waals surface area contributed by atoms with Crippen LogP contribution in [0.15, 0.2) is 24.3 Å². The average molecular weight is 203 g/mol. The Labute approximate surface area is 90.8 Å². The van der Waals surface area contributed by atoms with Gasteiger partial charge in [0.1, 0.15) is 6.29 Å². The number of rotatable bonds is 5. The molecule has 2 nitrogen and oxygen atoms in total. The molecule has 1 aromatic carbocycles. The minimum atomic E-state index is 0.293. The first-order valence-electron chi connectivity index (χ1n) is 5.30. The lowest BCUT2D eigenvalue weighted by atomic mass is 9.95. The van der Waals surface area contributed by atoms with Crippen LogP contribution in [0.5, 0.6) is 0 Å². The first-order valence-corrected chi connectivity index (χ1v) is 5.30. The Morgan fingerprint density at radius 2 is 2.00 bits per heavy atom. The van der Waals surface area contributed by atoms with Gasteiger partial charge in [0.25, 0.3) is 0 Å². The molecule has 0 spiro atoms. The van der Waals surface area contributed by atoms with Gasteiger partial charge in [-0.25, -0.2) is 0 Å². The second-order valence-corrected chi connectivity index (χ2v) is 3.79. The molecular formula is C13H17NO. The van der Waals surface area contributed by atoms with E-state index >= 15 is 0 Å². The SMILES string of the molecule is CCC(C)C(=N)c1ccc(CC=O)cc1. The van der Waals surface area contributed by atoms with E-state index in [4.69, 9.17) is 5.41 Å². The summed E-state index contributed by atoms with van der Waals surface area (Å²) in [6.45, 7) is 4.14. The Morgan fingerprint density at radius 3 is 2.47 bits per heavy atom. The molecule has 0 fully saturated rings. The van der Waals surface area contributed by atoms with Crippen molar-refractivity contribution < 1.29 is 4.79 Å². The maximum absolute atomic E-state index is 10.3. The summed E-state index contributed by atoms with van der Waals surface area (Å²) in [5.41, 5.74) is 2.64. The zero-order valence-electron chi connectivity index (χ0n) is 9.29. The standard InChI is InChI=1S/C13H17NO/c1-3-10(2)13(14)12-6-4-11(5-7-12)8-9-15/h4-7,9-10,14H,3,8H2,1-2H3. The quantitative estimate of drug-likeness (QED) is 0.580. The summed E-state index contributed by atoms with van der Waals surface area (Å²) < 4.78 is 0. The summed E-state index contributed by atoms with van der Waals surface area (Å²) >= 11 is 0. The number of carbonyl (C=O) groups is 1. The van der Waals surface area contributed by atoms with E-state index in [2.05, 4.69) is 13.8 Å². The van der Waals surface area contributed by atoms with Gasteiger partial charge < -0.3 is 10.2 Å². The van der Waals surface area contributed by atoms with Crippen molar-refractivity contribution >= 4 is 12.0 Å². The summed E-state index contributed by atoms with van der Waals surface area (Å²) in [5, 5.41) is 7.94. The van der Waals surface area contributed by atoms with Crippen LogP contribution in [0.1, 0.15) is 31.4 Å². The molecule has 0 aromatic heterocycles. The van der Waals surface area contributed by atoms with Gasteiger partial charge in [0.2, 0.25) is 0 Å². The lowest BCUT2D eigenvalue weighted by molar-refractivity contribution is -0.107. The van der Waals surface area contributed by atoms with Crippen molar-refractivity contribution in [2.45, 2.75) is 26.7 Å². The lowest BCUT2D eigenvalue weighted by Crippen LogP contribution is -2.10. The minimum Gasteiger partial charge on any atom is -0.304 e. The number of hydrogen-bond donors (Lipinski definition) is 1. The molecule has 1 rings (SSSR count). The Hall–Kier alpha value is -1.44. The number of carbonyl (C=O) groups excluding carboxylic acids is 1. The van der Waals surface area contributed by atoms with Crippen LogP contribution in [0.4, 0.5) is 0 Å². The van der Waals surface area contributed by atoms with E-state index in [9.17, 15) is 4.79 Å². The molecule has 1 aromatic rings. The number of benzene rings is 1. The zero-order valence-corrected chi connectivity index (χ0v) is 9.29. The van der Waals surface area contributed by atoms with Crippen molar-refractivity contribution in [3.8, 4) is 0 Å². The van der Waals surface area contributed by atoms with Crippen LogP contribution in [0.2, 0.25) is 0 Å². The summed E-state index contributed by atoms with van der Waals surface area (Å²) in [7, 11) is 0. The Morgan fingerprint density at radius 1 is 1.40 bits per heavy atom. The molecule has 0 amide bonds. The van der Waals surface area contributed by atoms with Gasteiger partial charge in [-0.2, -0.15) is 0 Å². The first kappa shape index (κ1) is 11.6. The van der Waals surface area contributed by atoms with Gasteiger partial charge >= 0.3 is 0 Å². The van der Waals surface area contributed by atoms with Gasteiger partial charge in [-0.3, -0.25) is 0 Å². The third-order valence-corrected chi connectivity index (χ3v) is 2.69. The van der Waals surface area contributed by atoms with E-state index in [1.165, 1.54) is 0 Å². The molecule has 0 saturated carbocycles. The fourth-order valence-electron chi connectivity index (χ4n) is 1.41. The molecule has 2 heteroatoms. The third-order valence-electron chi connectivity index (χ3n) is 2.69. The highest BCUT2D eigenvalue weighted by atomic mass is 16.1. The smallest absolute Gasteiger partial charge is 0.124 e. The number of aldehydes is 1. The van der Waals surface area contributed by atoms with E-state index in [1.807, 2.05) is 24.3 Å². The van der Waals surface area contributed by atoms with E-state index in [-0.39, 0.29) is 0 Å². The Bertz CT molecular complexity index is 340. The van der Waals surface area contributed by atoms with Crippen molar-refractivity contribution in [3.63, 3.8) is 0 Å². The highest BCUT2D eigenvalue weighted by molar-refractivity contribution is 5.99. The van der Waals surface area contributed by atoms with E-state index in [0.29, 0.717) is 18.1 Å². The normalized spacial score (nSPS) is 12.1. The topological polar surface area (TPSA) is 40.9 Å². The summed E-state index contributed by atoms with van der Waals surface area (Å²) in [5.74, 6) is 0.293. The van der Waals surface area contributed by atoms with Gasteiger partial charge in [-0.05, 0) is 23.5 Å². The lowest BCUT2D eigenvalue weighted by Gasteiger charge is -2.10. The fraction of sp³-hybridized carbons (Fsp3) is 0.385. The van der Waals surface area contributed by atoms with E-state index in [0.717, 1.165) is 23.8 Å². The largest absolute Gasteiger partial charge is 0.304 e. The first-order chi connectivity index (χ1) is 7.19. The molecule has 1 N–H and O–H groups in total. The predicted molar refractivity (Wildman–Crippen MR) is 62.5 cm³/mol. The number of hydrogen-bond acceptors (Lipinski definition) is 2. The molecule has 80 valence electrons. The zero-order chi connectivity index (χ0) is 11.3. The summed E-state index contributed by atoms with van der Waals surface area (Å²) in [6.07, 6.45) is 2.33. The van der Waals surface area contributed by atoms with Gasteiger partial charge in [-0.1, -0.05) is 38.1 Å². The van der Waals surface area contributed by atoms with Crippen LogP contribution in [0.3, 0.4) is 0 Å². The summed E-state index contributed by atoms with van der Waals surface area (Å²) in [6, 6.07) is 7.68. The van der Waals surface area contributed by atoms with E-state index < -0.39 is 0 Å². The minimum absolute atomic E-state index is 0.293. The van der Waals surface area contributed by atoms with Crippen LogP contribution >= 0.6 is 0 Å². The fourth-order valence-corrected chi connectivity index (χ4v) is 1.41. The third kappa shape index (κ3) is 3.01. The van der Waals surface area contributed by atoms with Crippen LogP contribution < -0.4 is 0 Å². The average Bonchev–Trinajstić information content (AvgIpc) is 2.28. The monoisotopic (exact) mass is 203 g/mol. The number of nitrogens with one attached hydrogen (secondary N) is 1. The highest BCUT2D eigenvalue weighted by Gasteiger charge is 2.08. The summed E-state index contributed by atoms with van der Waals surface area (Å²) in [4.78, 5) is 10.3. The molecule has 0 heterocycles. The Balaban J connectivity index is 2.79. The molecule has 0 bridgehead atoms. The van der Waals surface area contributed by atoms with Crippen molar-refractivity contribution in [1.82, 2.24) is 0 Å². The Kier molecular flexibility index (Phi) is 4.22. The maximum atomic E-state index is 10.3. The van der Waals surface area contributed by atoms with Gasteiger partial charge in [-0.15, -0.1) is 0 Å². The molecule has 0 aliphatic carbocycles. The van der Waals surface area contributed by atoms with Crippen molar-refractivity contribution in [3.05, 3.63) is 35.4 Å². The highest BCUT2D eigenvalue weighted by Crippen LogP contribution is 2.12. The van der Waals surface area contributed by atoms with Crippen LogP contribution in [0, 0.1) is 11.3 Å². The molecule has 0 aliphatic heterocycles. The van der Waals surface area contributed by atoms with Crippen molar-refractivity contribution in [2.75, 3.05) is 0 Å². The molecule has 1 unspecified atom stereocenters. The molecular weight excluding hydrogens is 186 g/mol. The maximum Gasteiger partial charge on any atom is 0.124 e. The van der Waals surface area contributed by atoms with Crippen LogP contribution in [-0.2, 0) is 11.2 Å². The molecule has 1 atom stereocenters. The molecule has 0 saturated heterocycles. The van der Waals surface area contributed by atoms with E-state index in [1.54, 1.807) is 0 Å². The second kappa shape index (κ2) is 5.44. The molecule has 0 radical (unpaired) electrons. The van der Waals surface area contributed by atoms with Crippen molar-refractivity contribution in [1.29, 1.82) is 5.41 Å². The van der Waals surface area contributed by atoms with Gasteiger partial charge in [0.05, 0.1) is 0 Å². The molecule has 0 aliphatic rings. The van der Waals surface area contributed by atoms with Gasteiger partial charge in [0, 0.05) is 12.1 Å². The van der Waals surface area contributed by atoms with Crippen LogP contribution in [0.25, 0.3) is 0 Å².